The predicted molar refractivity (Wildman–Crippen MR) is 85.5 cm³/mol. The molecule has 0 radical (unpaired) electrons. The van der Waals surface area contributed by atoms with Gasteiger partial charge in [0.1, 0.15) is 24.6 Å². The van der Waals surface area contributed by atoms with Gasteiger partial charge in [-0.25, -0.2) is 4.79 Å². The van der Waals surface area contributed by atoms with E-state index in [4.69, 9.17) is 14.2 Å². The van der Waals surface area contributed by atoms with Crippen LogP contribution in [-0.4, -0.2) is 57.4 Å². The summed E-state index contributed by atoms with van der Waals surface area (Å²) in [5, 5.41) is 10.5. The van der Waals surface area contributed by atoms with E-state index in [1.54, 1.807) is 0 Å². The van der Waals surface area contributed by atoms with Gasteiger partial charge < -0.3 is 24.1 Å². The number of carbonyl (C=O) groups excluding carboxylic acids is 2. The number of aliphatic hydroxyl groups is 1. The number of Topliss-reactive ketones (excluding diaryl/α,β-unsaturated/α-hetero) is 1. The first-order valence-corrected chi connectivity index (χ1v) is 8.18. The number of ether oxygens (including phenoxy) is 3. The molecular formula is C16H20N2O8. The van der Waals surface area contributed by atoms with Crippen LogP contribution in [0.4, 0.5) is 0 Å². The minimum Gasteiger partial charge on any atom is -0.462 e. The molecule has 0 spiro atoms. The summed E-state index contributed by atoms with van der Waals surface area (Å²) in [7, 11) is 0. The summed E-state index contributed by atoms with van der Waals surface area (Å²) < 4.78 is 17.6. The standard InChI is InChI=1S/C16H20N2O8/c1-8-5-18(15(23)17-13(8)22)14-11-12(21)16(26-14,7-25-11)6-24-10(20)4-3-9(2)19/h5,11-12,14,21H,3-4,6-7H2,1-2H3,(H,17,22,23)/t11-,12+,14-,16+/m1/s1. The van der Waals surface area contributed by atoms with E-state index in [0.29, 0.717) is 5.56 Å². The van der Waals surface area contributed by atoms with Crippen molar-refractivity contribution in [2.75, 3.05) is 13.2 Å². The third-order valence-corrected chi connectivity index (χ3v) is 4.59. The van der Waals surface area contributed by atoms with Crippen LogP contribution in [0, 0.1) is 6.92 Å². The van der Waals surface area contributed by atoms with Crippen molar-refractivity contribution in [2.24, 2.45) is 0 Å². The Bertz CT molecular complexity index is 843. The van der Waals surface area contributed by atoms with Gasteiger partial charge in [0, 0.05) is 18.2 Å². The second kappa shape index (κ2) is 6.78. The molecule has 3 rings (SSSR count). The number of hydrogen-bond acceptors (Lipinski definition) is 8. The van der Waals surface area contributed by atoms with Gasteiger partial charge in [0.2, 0.25) is 0 Å². The number of carbonyl (C=O) groups is 2. The summed E-state index contributed by atoms with van der Waals surface area (Å²) in [6.07, 6.45) is -1.58. The number of H-pyrrole nitrogens is 1. The summed E-state index contributed by atoms with van der Waals surface area (Å²) in [6, 6.07) is 0. The lowest BCUT2D eigenvalue weighted by Crippen LogP contribution is -2.46. The summed E-state index contributed by atoms with van der Waals surface area (Å²) in [6.45, 7) is 2.63. The summed E-state index contributed by atoms with van der Waals surface area (Å²) in [5.41, 5.74) is -2.20. The van der Waals surface area contributed by atoms with E-state index in [-0.39, 0.29) is 31.8 Å². The highest BCUT2D eigenvalue weighted by Gasteiger charge is 2.62. The molecule has 0 aromatic carbocycles. The van der Waals surface area contributed by atoms with Gasteiger partial charge in [-0.1, -0.05) is 0 Å². The molecule has 0 saturated carbocycles. The smallest absolute Gasteiger partial charge is 0.330 e. The largest absolute Gasteiger partial charge is 0.462 e. The lowest BCUT2D eigenvalue weighted by Gasteiger charge is -2.30. The zero-order chi connectivity index (χ0) is 19.1. The number of hydrogen-bond donors (Lipinski definition) is 2. The number of aromatic amines is 1. The summed E-state index contributed by atoms with van der Waals surface area (Å²) >= 11 is 0. The van der Waals surface area contributed by atoms with E-state index in [9.17, 15) is 24.3 Å². The number of aryl methyl sites for hydroxylation is 1. The number of ketones is 1. The monoisotopic (exact) mass is 368 g/mol. The molecule has 142 valence electrons. The maximum absolute atomic E-state index is 12.1. The van der Waals surface area contributed by atoms with Crippen LogP contribution in [-0.2, 0) is 23.8 Å². The minimum atomic E-state index is -1.30. The van der Waals surface area contributed by atoms with Crippen LogP contribution in [0.2, 0.25) is 0 Å². The van der Waals surface area contributed by atoms with Crippen LogP contribution in [0.3, 0.4) is 0 Å². The molecule has 1 aromatic heterocycles. The molecule has 2 aliphatic rings. The van der Waals surface area contributed by atoms with Gasteiger partial charge in [0.05, 0.1) is 13.0 Å². The Morgan fingerprint density at radius 3 is 2.85 bits per heavy atom. The second-order valence-electron chi connectivity index (χ2n) is 6.64. The Hall–Kier alpha value is -2.30. The Balaban J connectivity index is 1.74. The topological polar surface area (TPSA) is 137 Å². The molecule has 0 aliphatic carbocycles. The molecule has 0 amide bonds. The van der Waals surface area contributed by atoms with Gasteiger partial charge in [0.15, 0.2) is 11.8 Å². The Morgan fingerprint density at radius 2 is 2.15 bits per heavy atom. The van der Waals surface area contributed by atoms with Crippen LogP contribution < -0.4 is 11.2 Å². The Morgan fingerprint density at radius 1 is 1.42 bits per heavy atom. The Kier molecular flexibility index (Phi) is 4.82. The average molecular weight is 368 g/mol. The molecular weight excluding hydrogens is 348 g/mol. The van der Waals surface area contributed by atoms with Gasteiger partial charge in [-0.15, -0.1) is 0 Å². The van der Waals surface area contributed by atoms with Gasteiger partial charge >= 0.3 is 11.7 Å². The van der Waals surface area contributed by atoms with Crippen molar-refractivity contribution in [1.82, 2.24) is 9.55 Å². The minimum absolute atomic E-state index is 0.00753. The molecule has 2 bridgehead atoms. The SMILES string of the molecule is CC(=O)CCC(=O)OC[C@@]12CO[C@@H]([C@H](n3cc(C)c(=O)[nH]c3=O)O1)[C@@H]2O. The maximum Gasteiger partial charge on any atom is 0.330 e. The van der Waals surface area contributed by atoms with Crippen LogP contribution in [0.25, 0.3) is 0 Å². The van der Waals surface area contributed by atoms with Crippen LogP contribution in [0.5, 0.6) is 0 Å². The summed E-state index contributed by atoms with van der Waals surface area (Å²) in [4.78, 5) is 48.4. The van der Waals surface area contributed by atoms with Crippen molar-refractivity contribution in [3.05, 3.63) is 32.6 Å². The Labute approximate surface area is 147 Å². The van der Waals surface area contributed by atoms with Gasteiger partial charge in [0.25, 0.3) is 5.56 Å². The molecule has 1 aromatic rings. The fourth-order valence-electron chi connectivity index (χ4n) is 3.07. The number of esters is 1. The molecule has 2 fully saturated rings. The fourth-order valence-corrected chi connectivity index (χ4v) is 3.07. The van der Waals surface area contributed by atoms with Crippen molar-refractivity contribution < 1.29 is 28.9 Å². The van der Waals surface area contributed by atoms with E-state index in [0.717, 1.165) is 4.57 Å². The van der Waals surface area contributed by atoms with E-state index in [1.165, 1.54) is 20.0 Å². The molecule has 10 heteroatoms. The lowest BCUT2D eigenvalue weighted by molar-refractivity contribution is -0.197. The van der Waals surface area contributed by atoms with Crippen LogP contribution in [0.1, 0.15) is 31.6 Å². The number of nitrogens with one attached hydrogen (secondary N) is 1. The first-order chi connectivity index (χ1) is 12.2. The molecule has 2 aliphatic heterocycles. The highest BCUT2D eigenvalue weighted by atomic mass is 16.7. The normalized spacial score (nSPS) is 29.7. The van der Waals surface area contributed by atoms with Crippen molar-refractivity contribution in [3.63, 3.8) is 0 Å². The van der Waals surface area contributed by atoms with Crippen molar-refractivity contribution in [1.29, 1.82) is 0 Å². The van der Waals surface area contributed by atoms with Gasteiger partial charge in [-0.3, -0.25) is 19.1 Å². The van der Waals surface area contributed by atoms with Gasteiger partial charge in [-0.2, -0.15) is 0 Å². The molecule has 0 unspecified atom stereocenters. The van der Waals surface area contributed by atoms with Crippen molar-refractivity contribution in [2.45, 2.75) is 50.7 Å². The van der Waals surface area contributed by atoms with E-state index < -0.39 is 41.3 Å². The number of nitrogens with zero attached hydrogens (tertiary/aromatic N) is 1. The molecule has 10 nitrogen and oxygen atoms in total. The first-order valence-electron chi connectivity index (χ1n) is 8.18. The van der Waals surface area contributed by atoms with Gasteiger partial charge in [-0.05, 0) is 13.8 Å². The predicted octanol–water partition coefficient (Wildman–Crippen LogP) is -1.22. The fraction of sp³-hybridized carbons (Fsp3) is 0.625. The number of aliphatic hydroxyl groups excluding tert-OH is 1. The molecule has 2 N–H and O–H groups in total. The summed E-state index contributed by atoms with van der Waals surface area (Å²) in [5.74, 6) is -0.719. The average Bonchev–Trinajstić information content (AvgIpc) is 3.04. The first kappa shape index (κ1) is 18.5. The highest BCUT2D eigenvalue weighted by Crippen LogP contribution is 2.44. The zero-order valence-electron chi connectivity index (χ0n) is 14.4. The third-order valence-electron chi connectivity index (χ3n) is 4.59. The van der Waals surface area contributed by atoms with Crippen LogP contribution in [0.15, 0.2) is 15.8 Å². The molecule has 2 saturated heterocycles. The molecule has 3 heterocycles. The number of rotatable bonds is 6. The second-order valence-corrected chi connectivity index (χ2v) is 6.64. The van der Waals surface area contributed by atoms with E-state index >= 15 is 0 Å². The molecule has 26 heavy (non-hydrogen) atoms. The number of aromatic nitrogens is 2. The van der Waals surface area contributed by atoms with Crippen molar-refractivity contribution in [3.8, 4) is 0 Å². The third kappa shape index (κ3) is 3.22. The van der Waals surface area contributed by atoms with Crippen molar-refractivity contribution >= 4 is 11.8 Å². The van der Waals surface area contributed by atoms with Crippen LogP contribution >= 0.6 is 0 Å². The quantitative estimate of drug-likeness (QED) is 0.597. The lowest BCUT2D eigenvalue weighted by atomic mass is 10.0. The zero-order valence-corrected chi connectivity index (χ0v) is 14.4. The van der Waals surface area contributed by atoms with E-state index in [2.05, 4.69) is 4.98 Å². The highest BCUT2D eigenvalue weighted by molar-refractivity contribution is 5.80. The number of fused-ring (bicyclic) bond motifs is 2. The van der Waals surface area contributed by atoms with E-state index in [1.807, 2.05) is 0 Å². The maximum atomic E-state index is 12.1. The molecule has 4 atom stereocenters.